The zero-order valence-corrected chi connectivity index (χ0v) is 18.8. The van der Waals surface area contributed by atoms with Crippen molar-refractivity contribution >= 4 is 33.4 Å². The quantitative estimate of drug-likeness (QED) is 0.546. The second-order valence-corrected chi connectivity index (χ2v) is 7.72. The van der Waals surface area contributed by atoms with E-state index in [2.05, 4.69) is 26.6 Å². The maximum absolute atomic E-state index is 12.6. The number of nitrogens with one attached hydrogen (secondary N) is 2. The summed E-state index contributed by atoms with van der Waals surface area (Å²) in [5, 5.41) is 5.64. The fourth-order valence-corrected chi connectivity index (χ4v) is 3.50. The number of carbonyl (C=O) groups is 2. The average molecular weight is 463 g/mol. The Hall–Kier alpha value is -2.38. The Kier molecular flexibility index (Phi) is 8.67. The van der Waals surface area contributed by atoms with Crippen LogP contribution in [0.3, 0.4) is 0 Å². The fraction of sp³-hybridized carbons (Fsp3) is 0.364. The maximum atomic E-state index is 12.6. The second kappa shape index (κ2) is 11.0. The van der Waals surface area contributed by atoms with Crippen LogP contribution in [-0.2, 0) is 9.53 Å². The normalized spacial score (nSPS) is 11.6. The lowest BCUT2D eigenvalue weighted by Gasteiger charge is -2.18. The summed E-state index contributed by atoms with van der Waals surface area (Å²) in [4.78, 5) is 24.8. The highest BCUT2D eigenvalue weighted by molar-refractivity contribution is 9.10. The summed E-state index contributed by atoms with van der Waals surface area (Å²) in [5.41, 5.74) is 2.92. The molecule has 6 nitrogen and oxygen atoms in total. The molecule has 2 N–H and O–H groups in total. The zero-order chi connectivity index (χ0) is 21.4. The van der Waals surface area contributed by atoms with Crippen LogP contribution in [0.15, 0.2) is 40.9 Å². The first-order valence-electron chi connectivity index (χ1n) is 9.43. The lowest BCUT2D eigenvalue weighted by atomic mass is 10.1. The average Bonchev–Trinajstić information content (AvgIpc) is 2.67. The summed E-state index contributed by atoms with van der Waals surface area (Å²) in [5.74, 6) is 0.215. The lowest BCUT2D eigenvalue weighted by Crippen LogP contribution is -2.31. The molecule has 0 saturated heterocycles. The molecule has 2 aromatic rings. The van der Waals surface area contributed by atoms with E-state index in [1.54, 1.807) is 38.3 Å². The van der Waals surface area contributed by atoms with Crippen molar-refractivity contribution in [3.05, 3.63) is 57.6 Å². The van der Waals surface area contributed by atoms with Crippen LogP contribution in [0.25, 0.3) is 0 Å². The molecule has 1 atom stereocenters. The van der Waals surface area contributed by atoms with Crippen molar-refractivity contribution in [2.24, 2.45) is 0 Å². The van der Waals surface area contributed by atoms with Gasteiger partial charge < -0.3 is 20.1 Å². The Balaban J connectivity index is 1.99. The Morgan fingerprint density at radius 1 is 1.14 bits per heavy atom. The Morgan fingerprint density at radius 2 is 1.83 bits per heavy atom. The van der Waals surface area contributed by atoms with Gasteiger partial charge in [-0.15, -0.1) is 0 Å². The number of carbonyl (C=O) groups excluding carboxylic acids is 2. The van der Waals surface area contributed by atoms with Gasteiger partial charge >= 0.3 is 0 Å². The molecule has 0 spiro atoms. The first kappa shape index (κ1) is 22.9. The van der Waals surface area contributed by atoms with Gasteiger partial charge in [0.2, 0.25) is 0 Å². The van der Waals surface area contributed by atoms with Crippen LogP contribution in [0.1, 0.15) is 34.8 Å². The van der Waals surface area contributed by atoms with Crippen LogP contribution >= 0.6 is 15.9 Å². The Bertz CT molecular complexity index is 847. The van der Waals surface area contributed by atoms with Crippen LogP contribution in [-0.4, -0.2) is 38.2 Å². The molecule has 0 aromatic heterocycles. The minimum Gasteiger partial charge on any atom is -0.480 e. The van der Waals surface area contributed by atoms with Gasteiger partial charge in [-0.3, -0.25) is 9.59 Å². The number of halogens is 1. The summed E-state index contributed by atoms with van der Waals surface area (Å²) in [6, 6.07) is 10.7. The minimum atomic E-state index is -0.694. The summed E-state index contributed by atoms with van der Waals surface area (Å²) in [6.07, 6.45) is 0.0442. The predicted molar refractivity (Wildman–Crippen MR) is 118 cm³/mol. The largest absolute Gasteiger partial charge is 0.480 e. The number of benzene rings is 2. The summed E-state index contributed by atoms with van der Waals surface area (Å²) < 4.78 is 11.8. The van der Waals surface area contributed by atoms with E-state index in [0.717, 1.165) is 22.0 Å². The van der Waals surface area contributed by atoms with Gasteiger partial charge in [0.05, 0.1) is 0 Å². The molecule has 156 valence electrons. The van der Waals surface area contributed by atoms with Crippen molar-refractivity contribution in [3.8, 4) is 5.75 Å². The molecule has 0 radical (unpaired) electrons. The molecule has 7 heteroatoms. The highest BCUT2D eigenvalue weighted by atomic mass is 79.9. The van der Waals surface area contributed by atoms with Crippen LogP contribution in [0.2, 0.25) is 0 Å². The van der Waals surface area contributed by atoms with Crippen LogP contribution < -0.4 is 15.4 Å². The molecule has 29 heavy (non-hydrogen) atoms. The van der Waals surface area contributed by atoms with Crippen molar-refractivity contribution < 1.29 is 19.1 Å². The Morgan fingerprint density at radius 3 is 2.48 bits per heavy atom. The molecular weight excluding hydrogens is 436 g/mol. The van der Waals surface area contributed by atoms with Crippen molar-refractivity contribution in [1.29, 1.82) is 0 Å². The highest BCUT2D eigenvalue weighted by Gasteiger charge is 2.18. The molecular formula is C22H27BrN2O4. The van der Waals surface area contributed by atoms with Gasteiger partial charge in [-0.05, 0) is 68.7 Å². The molecule has 2 amide bonds. The van der Waals surface area contributed by atoms with Gasteiger partial charge in [-0.2, -0.15) is 0 Å². The van der Waals surface area contributed by atoms with E-state index in [0.29, 0.717) is 30.2 Å². The van der Waals surface area contributed by atoms with Crippen LogP contribution in [0, 0.1) is 13.8 Å². The van der Waals surface area contributed by atoms with Gasteiger partial charge in [0.15, 0.2) is 6.10 Å². The fourth-order valence-electron chi connectivity index (χ4n) is 2.82. The van der Waals surface area contributed by atoms with Crippen molar-refractivity contribution in [3.63, 3.8) is 0 Å². The van der Waals surface area contributed by atoms with Gasteiger partial charge in [0.1, 0.15) is 5.75 Å². The molecule has 0 bridgehead atoms. The number of hydrogen-bond acceptors (Lipinski definition) is 4. The van der Waals surface area contributed by atoms with E-state index in [1.165, 1.54) is 0 Å². The van der Waals surface area contributed by atoms with Crippen molar-refractivity contribution in [1.82, 2.24) is 5.32 Å². The number of methoxy groups -OCH3 is 1. The van der Waals surface area contributed by atoms with Crippen LogP contribution in [0.5, 0.6) is 5.75 Å². The standard InChI is InChI=1S/C22H27BrN2O4/c1-14-11-18(23)12-15(2)20(14)29-16(3)21(26)25-19-8-5-7-17(13-19)22(27)24-9-6-10-28-4/h5,7-8,11-13,16H,6,9-10H2,1-4H3,(H,24,27)(H,25,26). The van der Waals surface area contributed by atoms with Gasteiger partial charge in [0.25, 0.3) is 11.8 Å². The second-order valence-electron chi connectivity index (χ2n) is 6.80. The van der Waals surface area contributed by atoms with Crippen LogP contribution in [0.4, 0.5) is 5.69 Å². The third-order valence-electron chi connectivity index (χ3n) is 4.29. The third-order valence-corrected chi connectivity index (χ3v) is 4.75. The number of rotatable bonds is 9. The van der Waals surface area contributed by atoms with Crippen molar-refractivity contribution in [2.75, 3.05) is 25.6 Å². The monoisotopic (exact) mass is 462 g/mol. The highest BCUT2D eigenvalue weighted by Crippen LogP contribution is 2.28. The molecule has 1 unspecified atom stereocenters. The molecule has 0 saturated carbocycles. The van der Waals surface area contributed by atoms with Gasteiger partial charge in [-0.1, -0.05) is 22.0 Å². The molecule has 0 heterocycles. The van der Waals surface area contributed by atoms with E-state index in [4.69, 9.17) is 9.47 Å². The van der Waals surface area contributed by atoms with E-state index in [9.17, 15) is 9.59 Å². The molecule has 0 aliphatic heterocycles. The summed E-state index contributed by atoms with van der Waals surface area (Å²) in [7, 11) is 1.62. The summed E-state index contributed by atoms with van der Waals surface area (Å²) in [6.45, 7) is 6.69. The zero-order valence-electron chi connectivity index (χ0n) is 17.2. The maximum Gasteiger partial charge on any atom is 0.265 e. The van der Waals surface area contributed by atoms with E-state index in [1.807, 2.05) is 26.0 Å². The first-order chi connectivity index (χ1) is 13.8. The van der Waals surface area contributed by atoms with Gasteiger partial charge in [-0.25, -0.2) is 0 Å². The Labute approximate surface area is 180 Å². The third kappa shape index (κ3) is 6.87. The van der Waals surface area contributed by atoms with Gasteiger partial charge in [0, 0.05) is 36.0 Å². The van der Waals surface area contributed by atoms with Crippen molar-refractivity contribution in [2.45, 2.75) is 33.3 Å². The molecule has 2 rings (SSSR count). The number of amides is 2. The first-order valence-corrected chi connectivity index (χ1v) is 10.2. The molecule has 0 aliphatic carbocycles. The molecule has 0 aliphatic rings. The topological polar surface area (TPSA) is 76.7 Å². The van der Waals surface area contributed by atoms with E-state index >= 15 is 0 Å². The van der Waals surface area contributed by atoms with E-state index < -0.39 is 6.10 Å². The minimum absolute atomic E-state index is 0.192. The predicted octanol–water partition coefficient (Wildman–Crippen LogP) is 4.24. The smallest absolute Gasteiger partial charge is 0.265 e. The molecule has 2 aromatic carbocycles. The SMILES string of the molecule is COCCCNC(=O)c1cccc(NC(=O)C(C)Oc2c(C)cc(Br)cc2C)c1. The number of anilines is 1. The number of hydrogen-bond donors (Lipinski definition) is 2. The van der Waals surface area contributed by atoms with E-state index in [-0.39, 0.29) is 11.8 Å². The summed E-state index contributed by atoms with van der Waals surface area (Å²) >= 11 is 3.45. The number of ether oxygens (including phenoxy) is 2. The molecule has 0 fully saturated rings. The lowest BCUT2D eigenvalue weighted by molar-refractivity contribution is -0.122. The number of aryl methyl sites for hydroxylation is 2.